The molecule has 0 saturated carbocycles. The van der Waals surface area contributed by atoms with Crippen LogP contribution in [0.2, 0.25) is 0 Å². The molecule has 0 spiro atoms. The second-order valence-electron chi connectivity index (χ2n) is 3.56. The number of carboxylic acid groups (broad SMARTS) is 1. The molecule has 92 valence electrons. The van der Waals surface area contributed by atoms with Crippen LogP contribution in [0, 0.1) is 0 Å². The van der Waals surface area contributed by atoms with Gasteiger partial charge in [0.2, 0.25) is 5.91 Å². The van der Waals surface area contributed by atoms with Crippen LogP contribution < -0.4 is 10.1 Å². The second-order valence-corrected chi connectivity index (χ2v) is 3.56. The monoisotopic (exact) mass is 237 g/mol. The average Bonchev–Trinajstić information content (AvgIpc) is 2.28. The first-order valence-electron chi connectivity index (χ1n) is 5.19. The number of hydrogen-bond donors (Lipinski definition) is 2. The van der Waals surface area contributed by atoms with E-state index in [1.807, 2.05) is 0 Å². The Balaban J connectivity index is 2.82. The number of aromatic carboxylic acids is 1. The smallest absolute Gasteiger partial charge is 0.335 e. The third-order valence-corrected chi connectivity index (χ3v) is 2.30. The Morgan fingerprint density at radius 2 is 2.12 bits per heavy atom. The van der Waals surface area contributed by atoms with Crippen molar-refractivity contribution in [2.45, 2.75) is 13.3 Å². The Labute approximate surface area is 99.4 Å². The number of benzene rings is 1. The second kappa shape index (κ2) is 5.89. The van der Waals surface area contributed by atoms with Crippen molar-refractivity contribution in [3.8, 4) is 5.75 Å². The van der Waals surface area contributed by atoms with Crippen LogP contribution in [0.25, 0.3) is 0 Å². The molecule has 0 unspecified atom stereocenters. The van der Waals surface area contributed by atoms with Gasteiger partial charge in [0.15, 0.2) is 0 Å². The van der Waals surface area contributed by atoms with Gasteiger partial charge in [-0.15, -0.1) is 0 Å². The first-order valence-corrected chi connectivity index (χ1v) is 5.19. The number of carboxylic acids is 1. The number of carbonyl (C=O) groups excluding carboxylic acids is 1. The van der Waals surface area contributed by atoms with Crippen molar-refractivity contribution < 1.29 is 19.4 Å². The summed E-state index contributed by atoms with van der Waals surface area (Å²) in [5.41, 5.74) is 0.977. The summed E-state index contributed by atoms with van der Waals surface area (Å²) in [5, 5.41) is 11.5. The van der Waals surface area contributed by atoms with Crippen LogP contribution >= 0.6 is 0 Å². The maximum atomic E-state index is 10.8. The fourth-order valence-electron chi connectivity index (χ4n) is 1.48. The third kappa shape index (κ3) is 3.79. The topological polar surface area (TPSA) is 75.6 Å². The minimum Gasteiger partial charge on any atom is -0.496 e. The van der Waals surface area contributed by atoms with Crippen LogP contribution in [-0.4, -0.2) is 30.6 Å². The quantitative estimate of drug-likeness (QED) is 0.803. The highest BCUT2D eigenvalue weighted by atomic mass is 16.5. The molecule has 1 aromatic carbocycles. The van der Waals surface area contributed by atoms with Gasteiger partial charge in [-0.2, -0.15) is 0 Å². The van der Waals surface area contributed by atoms with E-state index in [0.717, 1.165) is 5.56 Å². The van der Waals surface area contributed by atoms with Gasteiger partial charge >= 0.3 is 5.97 Å². The van der Waals surface area contributed by atoms with E-state index in [1.54, 1.807) is 12.1 Å². The van der Waals surface area contributed by atoms with Crippen LogP contribution in [0.5, 0.6) is 5.75 Å². The van der Waals surface area contributed by atoms with Crippen molar-refractivity contribution >= 4 is 11.9 Å². The number of ether oxygens (including phenoxy) is 1. The largest absolute Gasteiger partial charge is 0.496 e. The molecular weight excluding hydrogens is 222 g/mol. The summed E-state index contributed by atoms with van der Waals surface area (Å²) >= 11 is 0. The first-order chi connectivity index (χ1) is 8.04. The van der Waals surface area contributed by atoms with E-state index in [1.165, 1.54) is 20.1 Å². The van der Waals surface area contributed by atoms with Gasteiger partial charge in [0.05, 0.1) is 12.7 Å². The zero-order chi connectivity index (χ0) is 12.8. The molecule has 0 aliphatic carbocycles. The van der Waals surface area contributed by atoms with Crippen molar-refractivity contribution in [2.75, 3.05) is 13.7 Å². The summed E-state index contributed by atoms with van der Waals surface area (Å²) < 4.78 is 5.13. The van der Waals surface area contributed by atoms with E-state index in [0.29, 0.717) is 18.7 Å². The predicted molar refractivity (Wildman–Crippen MR) is 62.3 cm³/mol. The highest BCUT2D eigenvalue weighted by Gasteiger charge is 2.08. The minimum absolute atomic E-state index is 0.113. The number of hydrogen-bond acceptors (Lipinski definition) is 3. The summed E-state index contributed by atoms with van der Waals surface area (Å²) in [6, 6.07) is 4.67. The molecule has 0 heterocycles. The fraction of sp³-hybridized carbons (Fsp3) is 0.333. The van der Waals surface area contributed by atoms with Gasteiger partial charge < -0.3 is 15.2 Å². The predicted octanol–water partition coefficient (Wildman–Crippen LogP) is 1.07. The highest BCUT2D eigenvalue weighted by Crippen LogP contribution is 2.20. The van der Waals surface area contributed by atoms with Gasteiger partial charge in [0, 0.05) is 13.5 Å². The Morgan fingerprint density at radius 3 is 2.65 bits per heavy atom. The third-order valence-electron chi connectivity index (χ3n) is 2.30. The van der Waals surface area contributed by atoms with Gasteiger partial charge in [-0.3, -0.25) is 4.79 Å². The van der Waals surface area contributed by atoms with Crippen LogP contribution in [0.3, 0.4) is 0 Å². The zero-order valence-corrected chi connectivity index (χ0v) is 9.82. The number of carbonyl (C=O) groups is 2. The lowest BCUT2D eigenvalue weighted by Crippen LogP contribution is -2.22. The first kappa shape index (κ1) is 13.0. The standard InChI is InChI=1S/C12H15NO4/c1-8(14)13-6-5-9-7-10(12(15)16)3-4-11(9)17-2/h3-4,7H,5-6H2,1-2H3,(H,13,14)(H,15,16). The molecule has 0 saturated heterocycles. The Morgan fingerprint density at radius 1 is 1.41 bits per heavy atom. The van der Waals surface area contributed by atoms with Crippen molar-refractivity contribution in [1.82, 2.24) is 5.32 Å². The molecule has 0 aliphatic heterocycles. The molecule has 5 nitrogen and oxygen atoms in total. The molecule has 0 aromatic heterocycles. The molecule has 0 radical (unpaired) electrons. The zero-order valence-electron chi connectivity index (χ0n) is 9.82. The van der Waals surface area contributed by atoms with E-state index in [-0.39, 0.29) is 11.5 Å². The van der Waals surface area contributed by atoms with Crippen molar-refractivity contribution in [3.63, 3.8) is 0 Å². The Hall–Kier alpha value is -2.04. The molecule has 5 heteroatoms. The number of methoxy groups -OCH3 is 1. The normalized spacial score (nSPS) is 9.76. The van der Waals surface area contributed by atoms with Crippen LogP contribution in [0.1, 0.15) is 22.8 Å². The van der Waals surface area contributed by atoms with Crippen LogP contribution in [-0.2, 0) is 11.2 Å². The van der Waals surface area contributed by atoms with Gasteiger partial charge in [-0.25, -0.2) is 4.79 Å². The Kier molecular flexibility index (Phi) is 4.51. The molecule has 1 amide bonds. The number of rotatable bonds is 5. The summed E-state index contributed by atoms with van der Waals surface area (Å²) in [6.45, 7) is 1.89. The van der Waals surface area contributed by atoms with Crippen molar-refractivity contribution in [1.29, 1.82) is 0 Å². The summed E-state index contributed by atoms with van der Waals surface area (Å²) in [5.74, 6) is -0.466. The molecule has 0 fully saturated rings. The van der Waals surface area contributed by atoms with Gasteiger partial charge in [-0.1, -0.05) is 0 Å². The van der Waals surface area contributed by atoms with Crippen molar-refractivity contribution in [3.05, 3.63) is 29.3 Å². The molecule has 2 N–H and O–H groups in total. The lowest BCUT2D eigenvalue weighted by molar-refractivity contribution is -0.118. The Bertz CT molecular complexity index is 429. The molecule has 1 rings (SSSR count). The van der Waals surface area contributed by atoms with Gasteiger partial charge in [-0.05, 0) is 30.2 Å². The summed E-state index contributed by atoms with van der Waals surface area (Å²) in [4.78, 5) is 21.6. The van der Waals surface area contributed by atoms with Crippen molar-refractivity contribution in [2.24, 2.45) is 0 Å². The van der Waals surface area contributed by atoms with Gasteiger partial charge in [0.1, 0.15) is 5.75 Å². The van der Waals surface area contributed by atoms with Crippen LogP contribution in [0.15, 0.2) is 18.2 Å². The molecule has 1 aromatic rings. The molecule has 17 heavy (non-hydrogen) atoms. The van der Waals surface area contributed by atoms with E-state index >= 15 is 0 Å². The molecular formula is C12H15NO4. The molecule has 0 atom stereocenters. The number of amides is 1. The lowest BCUT2D eigenvalue weighted by Gasteiger charge is -2.09. The maximum absolute atomic E-state index is 10.8. The van der Waals surface area contributed by atoms with E-state index < -0.39 is 5.97 Å². The van der Waals surface area contributed by atoms with E-state index in [2.05, 4.69) is 5.32 Å². The highest BCUT2D eigenvalue weighted by molar-refractivity contribution is 5.88. The average molecular weight is 237 g/mol. The van der Waals surface area contributed by atoms with E-state index in [9.17, 15) is 9.59 Å². The summed E-state index contributed by atoms with van der Waals surface area (Å²) in [6.07, 6.45) is 0.532. The van der Waals surface area contributed by atoms with E-state index in [4.69, 9.17) is 9.84 Å². The SMILES string of the molecule is COc1ccc(C(=O)O)cc1CCNC(C)=O. The maximum Gasteiger partial charge on any atom is 0.335 e. The number of nitrogens with one attached hydrogen (secondary N) is 1. The van der Waals surface area contributed by atoms with Gasteiger partial charge in [0.25, 0.3) is 0 Å². The molecule has 0 bridgehead atoms. The summed E-state index contributed by atoms with van der Waals surface area (Å²) in [7, 11) is 1.53. The fourth-order valence-corrected chi connectivity index (χ4v) is 1.48. The molecule has 0 aliphatic rings. The lowest BCUT2D eigenvalue weighted by atomic mass is 10.1. The minimum atomic E-state index is -0.978. The van der Waals surface area contributed by atoms with Crippen LogP contribution in [0.4, 0.5) is 0 Å².